The lowest BCUT2D eigenvalue weighted by atomic mass is 9.95. The number of anilines is 4. The van der Waals surface area contributed by atoms with E-state index in [-0.39, 0.29) is 0 Å². The summed E-state index contributed by atoms with van der Waals surface area (Å²) < 4.78 is 0. The molecule has 1 aromatic heterocycles. The van der Waals surface area contributed by atoms with E-state index in [0.717, 1.165) is 112 Å². The number of aromatic nitrogens is 2. The molecule has 1 heterocycles. The van der Waals surface area contributed by atoms with Crippen molar-refractivity contribution in [3.8, 4) is 89.5 Å². The van der Waals surface area contributed by atoms with Gasteiger partial charge >= 0.3 is 0 Å². The van der Waals surface area contributed by atoms with Crippen molar-refractivity contribution >= 4 is 22.7 Å². The maximum atomic E-state index is 5.63. The van der Waals surface area contributed by atoms with Crippen LogP contribution in [0.1, 0.15) is 0 Å². The van der Waals surface area contributed by atoms with E-state index < -0.39 is 0 Å². The lowest BCUT2D eigenvalue weighted by Gasteiger charge is -2.17. The molecule has 9 rings (SSSR count). The zero-order valence-electron chi connectivity index (χ0n) is 35.4. The molecule has 0 radical (unpaired) electrons. The molecule has 0 unspecified atom stereocenters. The summed E-state index contributed by atoms with van der Waals surface area (Å²) >= 11 is 0. The molecule has 6 heteroatoms. The van der Waals surface area contributed by atoms with Crippen LogP contribution in [0.4, 0.5) is 22.7 Å². The second-order valence-electron chi connectivity index (χ2n) is 15.2. The van der Waals surface area contributed by atoms with Gasteiger partial charge in [-0.1, -0.05) is 146 Å². The summed E-state index contributed by atoms with van der Waals surface area (Å²) in [5.74, 6) is 0. The van der Waals surface area contributed by atoms with E-state index in [0.29, 0.717) is 0 Å². The Morgan fingerprint density at radius 1 is 0.226 bits per heavy atom. The highest BCUT2D eigenvalue weighted by molar-refractivity contribution is 5.88. The first-order chi connectivity index (χ1) is 30.5. The fourth-order valence-corrected chi connectivity index (χ4v) is 7.91. The van der Waals surface area contributed by atoms with Crippen molar-refractivity contribution in [2.45, 2.75) is 0 Å². The van der Waals surface area contributed by atoms with Gasteiger partial charge in [0.05, 0.1) is 22.8 Å². The molecule has 0 saturated carbocycles. The van der Waals surface area contributed by atoms with E-state index in [4.69, 9.17) is 9.97 Å². The Morgan fingerprint density at radius 3 is 0.710 bits per heavy atom. The second kappa shape index (κ2) is 17.7. The molecule has 0 saturated heterocycles. The number of rotatable bonds is 12. The van der Waals surface area contributed by atoms with E-state index in [1.165, 1.54) is 0 Å². The number of nitrogens with one attached hydrogen (secondary N) is 4. The van der Waals surface area contributed by atoms with Gasteiger partial charge in [0.25, 0.3) is 0 Å². The Hall–Kier alpha value is -7.96. The summed E-state index contributed by atoms with van der Waals surface area (Å²) in [5, 5.41) is 13.0. The molecule has 6 nitrogen and oxygen atoms in total. The van der Waals surface area contributed by atoms with Crippen LogP contribution in [-0.4, -0.2) is 38.2 Å². The molecule has 0 aliphatic rings. The van der Waals surface area contributed by atoms with Crippen LogP contribution >= 0.6 is 0 Å². The Bertz CT molecular complexity index is 2960. The number of hydrogen-bond donors (Lipinski definition) is 4. The van der Waals surface area contributed by atoms with Crippen LogP contribution in [0.25, 0.3) is 89.5 Å². The van der Waals surface area contributed by atoms with Crippen LogP contribution < -0.4 is 21.3 Å². The van der Waals surface area contributed by atoms with Gasteiger partial charge < -0.3 is 21.3 Å². The summed E-state index contributed by atoms with van der Waals surface area (Å²) in [6, 6.07) is 68.7. The highest BCUT2D eigenvalue weighted by Crippen LogP contribution is 2.40. The van der Waals surface area contributed by atoms with Gasteiger partial charge in [0.2, 0.25) is 0 Å². The topological polar surface area (TPSA) is 73.9 Å². The highest BCUT2D eigenvalue weighted by Gasteiger charge is 2.20. The standard InChI is InChI=1S/C56H48N6/c1-57-49-32-30-38(31-33-49)37-14-22-42(23-15-37)53-54(43-24-16-39(17-25-43)46-8-5-11-50(34-46)58-2)62-56(45-28-20-41(21-29-45)48-10-7-13-52(36-48)60-4)55(61-53)44-26-18-40(19-27-44)47-9-6-12-51(35-47)59-3/h5-36,57-60H,1-4H3. The van der Waals surface area contributed by atoms with Gasteiger partial charge in [0.15, 0.2) is 0 Å². The minimum Gasteiger partial charge on any atom is -0.388 e. The number of benzene rings is 8. The van der Waals surface area contributed by atoms with Gasteiger partial charge in [-0.05, 0) is 93.0 Å². The highest BCUT2D eigenvalue weighted by atomic mass is 14.9. The largest absolute Gasteiger partial charge is 0.388 e. The van der Waals surface area contributed by atoms with E-state index in [1.54, 1.807) is 0 Å². The second-order valence-corrected chi connectivity index (χ2v) is 15.2. The summed E-state index contributed by atoms with van der Waals surface area (Å²) in [6.45, 7) is 0. The minimum atomic E-state index is 0.816. The third-order valence-electron chi connectivity index (χ3n) is 11.5. The minimum absolute atomic E-state index is 0.816. The van der Waals surface area contributed by atoms with Gasteiger partial charge in [0, 0.05) is 73.2 Å². The first-order valence-corrected chi connectivity index (χ1v) is 21.0. The predicted octanol–water partition coefficient (Wildman–Crippen LogP) is 14.0. The summed E-state index contributed by atoms with van der Waals surface area (Å²) in [4.78, 5) is 11.3. The molecule has 0 amide bonds. The quantitative estimate of drug-likeness (QED) is 0.0986. The van der Waals surface area contributed by atoms with Gasteiger partial charge in [-0.15, -0.1) is 0 Å². The molecule has 0 aliphatic carbocycles. The van der Waals surface area contributed by atoms with Gasteiger partial charge in [-0.3, -0.25) is 0 Å². The van der Waals surface area contributed by atoms with Crippen molar-refractivity contribution in [3.63, 3.8) is 0 Å². The maximum absolute atomic E-state index is 5.63. The summed E-state index contributed by atoms with van der Waals surface area (Å²) in [6.07, 6.45) is 0. The monoisotopic (exact) mass is 804 g/mol. The molecule has 0 aliphatic heterocycles. The smallest absolute Gasteiger partial charge is 0.0973 e. The van der Waals surface area contributed by atoms with E-state index in [9.17, 15) is 0 Å². The fraction of sp³-hybridized carbons (Fsp3) is 0.0714. The van der Waals surface area contributed by atoms with Crippen LogP contribution in [0.3, 0.4) is 0 Å². The molecule has 0 spiro atoms. The number of hydrogen-bond acceptors (Lipinski definition) is 6. The Labute approximate surface area is 364 Å². The molecule has 62 heavy (non-hydrogen) atoms. The van der Waals surface area contributed by atoms with Crippen molar-refractivity contribution in [1.82, 2.24) is 9.97 Å². The molecular weight excluding hydrogens is 757 g/mol. The molecule has 0 fully saturated rings. The lowest BCUT2D eigenvalue weighted by molar-refractivity contribution is 1.21. The van der Waals surface area contributed by atoms with Crippen LogP contribution in [0, 0.1) is 0 Å². The Balaban J connectivity index is 1.21. The maximum Gasteiger partial charge on any atom is 0.0973 e. The van der Waals surface area contributed by atoms with Crippen LogP contribution in [0.2, 0.25) is 0 Å². The van der Waals surface area contributed by atoms with Crippen LogP contribution in [-0.2, 0) is 0 Å². The molecule has 0 bridgehead atoms. The van der Waals surface area contributed by atoms with Crippen LogP contribution in [0.15, 0.2) is 194 Å². The first-order valence-electron chi connectivity index (χ1n) is 21.0. The van der Waals surface area contributed by atoms with Crippen molar-refractivity contribution in [1.29, 1.82) is 0 Å². The first kappa shape index (κ1) is 39.5. The third-order valence-corrected chi connectivity index (χ3v) is 11.5. The summed E-state index contributed by atoms with van der Waals surface area (Å²) in [7, 11) is 7.78. The van der Waals surface area contributed by atoms with Crippen molar-refractivity contribution < 1.29 is 0 Å². The third kappa shape index (κ3) is 8.27. The van der Waals surface area contributed by atoms with E-state index in [1.807, 2.05) is 28.2 Å². The molecule has 9 aromatic rings. The van der Waals surface area contributed by atoms with Crippen molar-refractivity contribution in [2.75, 3.05) is 49.5 Å². The van der Waals surface area contributed by atoms with Gasteiger partial charge in [-0.25, -0.2) is 9.97 Å². The summed E-state index contributed by atoms with van der Waals surface area (Å²) in [5.41, 5.74) is 20.6. The van der Waals surface area contributed by atoms with E-state index >= 15 is 0 Å². The van der Waals surface area contributed by atoms with Gasteiger partial charge in [0.1, 0.15) is 0 Å². The molecule has 4 N–H and O–H groups in total. The number of nitrogens with zero attached hydrogens (tertiary/aromatic N) is 2. The normalized spacial score (nSPS) is 10.9. The fourth-order valence-electron chi connectivity index (χ4n) is 7.91. The van der Waals surface area contributed by atoms with E-state index in [2.05, 4.69) is 215 Å². The molecular formula is C56H48N6. The van der Waals surface area contributed by atoms with Crippen molar-refractivity contribution in [3.05, 3.63) is 194 Å². The Kier molecular flexibility index (Phi) is 11.3. The lowest BCUT2D eigenvalue weighted by Crippen LogP contribution is -2.01. The van der Waals surface area contributed by atoms with Crippen LogP contribution in [0.5, 0.6) is 0 Å². The average Bonchev–Trinajstić information content (AvgIpc) is 3.36. The predicted molar refractivity (Wildman–Crippen MR) is 264 cm³/mol. The molecule has 8 aromatic carbocycles. The zero-order valence-corrected chi connectivity index (χ0v) is 35.4. The Morgan fingerprint density at radius 2 is 0.452 bits per heavy atom. The molecule has 0 atom stereocenters. The average molecular weight is 805 g/mol. The zero-order chi connectivity index (χ0) is 42.4. The SMILES string of the molecule is CNc1ccc(-c2ccc(-c3nc(-c4ccc(-c5cccc(NC)c5)cc4)c(-c4ccc(-c5cccc(NC)c5)cc4)nc3-c3ccc(-c4cccc(NC)c4)cc3)cc2)cc1. The van der Waals surface area contributed by atoms with Crippen molar-refractivity contribution in [2.24, 2.45) is 0 Å². The molecule has 302 valence electrons. The van der Waals surface area contributed by atoms with Gasteiger partial charge in [-0.2, -0.15) is 0 Å².